The molecule has 6 heteroatoms. The van der Waals surface area contributed by atoms with Crippen molar-refractivity contribution in [1.29, 1.82) is 0 Å². The second-order valence-corrected chi connectivity index (χ2v) is 8.56. The Balaban J connectivity index is 1.74. The van der Waals surface area contributed by atoms with Crippen LogP contribution >= 0.6 is 0 Å². The van der Waals surface area contributed by atoms with Gasteiger partial charge in [-0.25, -0.2) is 0 Å². The monoisotopic (exact) mass is 380 g/mol. The lowest BCUT2D eigenvalue weighted by molar-refractivity contribution is -0.131. The Kier molecular flexibility index (Phi) is 8.75. The molecule has 1 heterocycles. The first-order valence-corrected chi connectivity index (χ1v) is 11.0. The lowest BCUT2D eigenvalue weighted by Gasteiger charge is -2.30. The van der Waals surface area contributed by atoms with E-state index in [-0.39, 0.29) is 5.91 Å². The fourth-order valence-corrected chi connectivity index (χ4v) is 4.45. The van der Waals surface area contributed by atoms with Gasteiger partial charge in [-0.3, -0.25) is 4.79 Å². The highest BCUT2D eigenvalue weighted by Gasteiger charge is 2.23. The van der Waals surface area contributed by atoms with Gasteiger partial charge in [0.2, 0.25) is 5.91 Å². The minimum atomic E-state index is -0.730. The Bertz CT molecular complexity index is 544. The van der Waals surface area contributed by atoms with Gasteiger partial charge >= 0.3 is 0 Å². The zero-order chi connectivity index (χ0) is 18.9. The Morgan fingerprint density at radius 1 is 1.31 bits per heavy atom. The van der Waals surface area contributed by atoms with E-state index in [2.05, 4.69) is 30.9 Å². The molecule has 146 valence electrons. The van der Waals surface area contributed by atoms with E-state index in [0.29, 0.717) is 37.1 Å². The summed E-state index contributed by atoms with van der Waals surface area (Å²) >= 11 is -0.730. The number of hydrogen-bond acceptors (Lipinski definition) is 4. The molecule has 1 aromatic rings. The smallest absolute Gasteiger partial charge is 0.222 e. The van der Waals surface area contributed by atoms with E-state index < -0.39 is 11.2 Å². The number of benzene rings is 1. The summed E-state index contributed by atoms with van der Waals surface area (Å²) in [5, 5.41) is 0. The number of rotatable bonds is 9. The molecule has 1 aliphatic rings. The molecule has 0 saturated carbocycles. The molecular formula is C20H32N2O3S. The molecule has 1 fully saturated rings. The van der Waals surface area contributed by atoms with Crippen LogP contribution in [0.25, 0.3) is 0 Å². The molecule has 0 aromatic heterocycles. The minimum absolute atomic E-state index is 0.209. The number of likely N-dealkylation sites (N-methyl/N-ethyl adjacent to an activating group) is 1. The van der Waals surface area contributed by atoms with Crippen molar-refractivity contribution in [3.8, 4) is 5.75 Å². The van der Waals surface area contributed by atoms with E-state index in [4.69, 9.17) is 4.74 Å². The van der Waals surface area contributed by atoms with Crippen LogP contribution in [0.2, 0.25) is 0 Å². The van der Waals surface area contributed by atoms with Crippen LogP contribution in [0.5, 0.6) is 5.75 Å². The van der Waals surface area contributed by atoms with Crippen LogP contribution in [-0.2, 0) is 22.4 Å². The van der Waals surface area contributed by atoms with Crippen LogP contribution in [0.15, 0.2) is 24.3 Å². The van der Waals surface area contributed by atoms with Gasteiger partial charge in [-0.1, -0.05) is 30.2 Å². The average Bonchev–Trinajstić information content (AvgIpc) is 2.66. The van der Waals surface area contributed by atoms with E-state index in [1.165, 1.54) is 5.56 Å². The molecule has 1 saturated heterocycles. The zero-order valence-corrected chi connectivity index (χ0v) is 17.1. The van der Waals surface area contributed by atoms with Gasteiger partial charge in [0.25, 0.3) is 0 Å². The van der Waals surface area contributed by atoms with Gasteiger partial charge in [-0.05, 0) is 50.6 Å². The van der Waals surface area contributed by atoms with Gasteiger partial charge in [0, 0.05) is 12.5 Å². The predicted molar refractivity (Wildman–Crippen MR) is 107 cm³/mol. The molecule has 0 radical (unpaired) electrons. The predicted octanol–water partition coefficient (Wildman–Crippen LogP) is 2.32. The number of methoxy groups -OCH3 is 1. The fourth-order valence-electron chi connectivity index (χ4n) is 3.40. The summed E-state index contributed by atoms with van der Waals surface area (Å²) in [6.07, 6.45) is 2.45. The lowest BCUT2D eigenvalue weighted by Crippen LogP contribution is -2.44. The summed E-state index contributed by atoms with van der Waals surface area (Å²) in [6.45, 7) is 7.63. The maximum Gasteiger partial charge on any atom is 0.222 e. The quantitative estimate of drug-likeness (QED) is 0.617. The maximum absolute atomic E-state index is 12.3. The number of amides is 1. The van der Waals surface area contributed by atoms with Gasteiger partial charge in [-0.2, -0.15) is 0 Å². The van der Waals surface area contributed by atoms with E-state index in [1.807, 2.05) is 17.0 Å². The van der Waals surface area contributed by atoms with Crippen LogP contribution in [-0.4, -0.2) is 71.1 Å². The van der Waals surface area contributed by atoms with Crippen molar-refractivity contribution in [3.05, 3.63) is 29.8 Å². The number of carbonyl (C=O) groups is 1. The molecule has 0 bridgehead atoms. The Hall–Kier alpha value is -1.24. The van der Waals surface area contributed by atoms with Crippen LogP contribution < -0.4 is 4.74 Å². The van der Waals surface area contributed by atoms with Crippen molar-refractivity contribution in [2.75, 3.05) is 44.8 Å². The first-order valence-electron chi connectivity index (χ1n) is 9.53. The Morgan fingerprint density at radius 2 is 1.96 bits per heavy atom. The molecule has 0 spiro atoms. The highest BCUT2D eigenvalue weighted by atomic mass is 32.2. The molecule has 26 heavy (non-hydrogen) atoms. The number of nitrogens with zero attached hydrogens (tertiary/aromatic N) is 2. The summed E-state index contributed by atoms with van der Waals surface area (Å²) in [5.74, 6) is 2.35. The Labute approximate surface area is 160 Å². The van der Waals surface area contributed by atoms with Gasteiger partial charge in [0.15, 0.2) is 0 Å². The first-order chi connectivity index (χ1) is 12.5. The van der Waals surface area contributed by atoms with Gasteiger partial charge in [0.05, 0.1) is 20.2 Å². The zero-order valence-electron chi connectivity index (χ0n) is 16.3. The lowest BCUT2D eigenvalue weighted by atomic mass is 10.1. The summed E-state index contributed by atoms with van der Waals surface area (Å²) < 4.78 is 16.6. The van der Waals surface area contributed by atoms with Crippen LogP contribution in [0.1, 0.15) is 32.3 Å². The molecular weight excluding hydrogens is 348 g/mol. The van der Waals surface area contributed by atoms with E-state index >= 15 is 0 Å². The molecule has 0 N–H and O–H groups in total. The van der Waals surface area contributed by atoms with Crippen molar-refractivity contribution < 1.29 is 14.1 Å². The normalized spacial score (nSPS) is 16.7. The van der Waals surface area contributed by atoms with Crippen LogP contribution in [0, 0.1) is 0 Å². The van der Waals surface area contributed by atoms with Crippen LogP contribution in [0.3, 0.4) is 0 Å². The second-order valence-electron chi connectivity index (χ2n) is 6.86. The van der Waals surface area contributed by atoms with E-state index in [1.54, 1.807) is 7.11 Å². The van der Waals surface area contributed by atoms with E-state index in [9.17, 15) is 9.35 Å². The summed E-state index contributed by atoms with van der Waals surface area (Å²) in [7, 11) is 1.68. The fraction of sp³-hybridized carbons (Fsp3) is 0.650. The molecule has 0 unspecified atom stereocenters. The molecule has 1 amide bonds. The number of carbonyl (C=O) groups excluding carboxylic acids is 1. The molecule has 0 aliphatic carbocycles. The number of hydrogen-bond donors (Lipinski definition) is 0. The van der Waals surface area contributed by atoms with Crippen molar-refractivity contribution in [2.24, 2.45) is 0 Å². The molecule has 1 aromatic carbocycles. The summed E-state index contributed by atoms with van der Waals surface area (Å²) in [4.78, 5) is 16.6. The van der Waals surface area contributed by atoms with Gasteiger partial charge < -0.3 is 19.1 Å². The maximum atomic E-state index is 12.3. The third-order valence-corrected chi connectivity index (χ3v) is 6.36. The number of ether oxygens (including phenoxy) is 1. The molecule has 1 atom stereocenters. The SMILES string of the molecule is CCN(CCCC(=O)N1CC[S+]([O-])CC1)[C@@H](C)Cc1ccc(OC)cc1. The second kappa shape index (κ2) is 10.8. The topological polar surface area (TPSA) is 55.8 Å². The highest BCUT2D eigenvalue weighted by molar-refractivity contribution is 7.91. The third-order valence-electron chi connectivity index (χ3n) is 5.09. The first kappa shape index (κ1) is 21.1. The molecule has 5 nitrogen and oxygen atoms in total. The van der Waals surface area contributed by atoms with Crippen molar-refractivity contribution >= 4 is 17.1 Å². The van der Waals surface area contributed by atoms with Crippen molar-refractivity contribution in [3.63, 3.8) is 0 Å². The van der Waals surface area contributed by atoms with Crippen LogP contribution in [0.4, 0.5) is 0 Å². The Morgan fingerprint density at radius 3 is 2.54 bits per heavy atom. The van der Waals surface area contributed by atoms with Gasteiger partial charge in [-0.15, -0.1) is 0 Å². The third kappa shape index (κ3) is 6.49. The standard InChI is InChI=1S/C20H32N2O3S/c1-4-21(17(2)16-18-7-9-19(25-3)10-8-18)11-5-6-20(23)22-12-14-26(24)15-13-22/h7-10,17H,4-6,11-16H2,1-3H3/t17-/m0/s1. The summed E-state index contributed by atoms with van der Waals surface area (Å²) in [5.41, 5.74) is 1.30. The van der Waals surface area contributed by atoms with Gasteiger partial charge in [0.1, 0.15) is 17.3 Å². The minimum Gasteiger partial charge on any atom is -0.616 e. The molecule has 2 rings (SSSR count). The largest absolute Gasteiger partial charge is 0.616 e. The molecule has 1 aliphatic heterocycles. The highest BCUT2D eigenvalue weighted by Crippen LogP contribution is 2.15. The average molecular weight is 381 g/mol. The van der Waals surface area contributed by atoms with Crippen molar-refractivity contribution in [1.82, 2.24) is 9.80 Å². The summed E-state index contributed by atoms with van der Waals surface area (Å²) in [6, 6.07) is 8.67. The van der Waals surface area contributed by atoms with E-state index in [0.717, 1.165) is 31.7 Å². The van der Waals surface area contributed by atoms with Crippen molar-refractivity contribution in [2.45, 2.75) is 39.2 Å².